The molecule has 3 aromatic rings. The molecule has 0 spiro atoms. The second-order valence-electron chi connectivity index (χ2n) is 4.96. The van der Waals surface area contributed by atoms with Crippen molar-refractivity contribution in [1.29, 1.82) is 0 Å². The first-order valence-electron chi connectivity index (χ1n) is 6.87. The molecule has 3 N–H and O–H groups in total. The topological polar surface area (TPSA) is 47.3 Å². The van der Waals surface area contributed by atoms with Crippen LogP contribution in [0, 0.1) is 0 Å². The lowest BCUT2D eigenvalue weighted by Gasteiger charge is -2.17. The summed E-state index contributed by atoms with van der Waals surface area (Å²) in [5.41, 5.74) is 5.37. The first-order valence-corrected chi connectivity index (χ1v) is 7.75. The molecule has 4 heteroatoms. The lowest BCUT2D eigenvalue weighted by atomic mass is 9.99. The summed E-state index contributed by atoms with van der Waals surface area (Å²) in [6.45, 7) is 0. The Bertz CT molecular complexity index is 738. The maximum Gasteiger partial charge on any atom is 0.119 e. The Morgan fingerprint density at radius 1 is 1.19 bits per heavy atom. The largest absolute Gasteiger partial charge is 0.497 e. The summed E-state index contributed by atoms with van der Waals surface area (Å²) in [6.07, 6.45) is 0.855. The molecular formula is C17H18N2OS. The second-order valence-corrected chi connectivity index (χ2v) is 5.87. The fourth-order valence-corrected chi connectivity index (χ4v) is 3.52. The third kappa shape index (κ3) is 2.93. The van der Waals surface area contributed by atoms with Crippen LogP contribution >= 0.6 is 11.3 Å². The van der Waals surface area contributed by atoms with Crippen LogP contribution in [0.15, 0.2) is 53.9 Å². The van der Waals surface area contributed by atoms with Gasteiger partial charge in [-0.15, -0.1) is 11.3 Å². The van der Waals surface area contributed by atoms with Crippen molar-refractivity contribution in [2.24, 2.45) is 5.84 Å². The lowest BCUT2D eigenvalue weighted by Crippen LogP contribution is -2.29. The zero-order valence-electron chi connectivity index (χ0n) is 11.9. The Kier molecular flexibility index (Phi) is 4.20. The molecule has 0 saturated carbocycles. The molecule has 21 heavy (non-hydrogen) atoms. The lowest BCUT2D eigenvalue weighted by molar-refractivity contribution is 0.413. The van der Waals surface area contributed by atoms with Crippen LogP contribution in [0.2, 0.25) is 0 Å². The van der Waals surface area contributed by atoms with Gasteiger partial charge in [-0.2, -0.15) is 0 Å². The third-order valence-corrected chi connectivity index (χ3v) is 4.69. The summed E-state index contributed by atoms with van der Waals surface area (Å²) in [5.74, 6) is 6.62. The van der Waals surface area contributed by atoms with Crippen molar-refractivity contribution in [3.63, 3.8) is 0 Å². The predicted molar refractivity (Wildman–Crippen MR) is 88.6 cm³/mol. The summed E-state index contributed by atoms with van der Waals surface area (Å²) in [6, 6.07) is 16.6. The Labute approximate surface area is 128 Å². The normalized spacial score (nSPS) is 12.5. The number of hydrogen-bond acceptors (Lipinski definition) is 4. The van der Waals surface area contributed by atoms with Gasteiger partial charge in [-0.1, -0.05) is 30.3 Å². The fraction of sp³-hybridized carbons (Fsp3) is 0.176. The Morgan fingerprint density at radius 3 is 2.86 bits per heavy atom. The number of thiophene rings is 1. The number of methoxy groups -OCH3 is 1. The van der Waals surface area contributed by atoms with E-state index in [4.69, 9.17) is 10.6 Å². The van der Waals surface area contributed by atoms with E-state index in [2.05, 4.69) is 41.1 Å². The van der Waals surface area contributed by atoms with Crippen LogP contribution in [0.5, 0.6) is 5.75 Å². The summed E-state index contributed by atoms with van der Waals surface area (Å²) < 4.78 is 6.60. The van der Waals surface area contributed by atoms with Gasteiger partial charge in [-0.3, -0.25) is 11.3 Å². The smallest absolute Gasteiger partial charge is 0.119 e. The van der Waals surface area contributed by atoms with Crippen molar-refractivity contribution < 1.29 is 4.74 Å². The van der Waals surface area contributed by atoms with E-state index in [9.17, 15) is 0 Å². The van der Waals surface area contributed by atoms with Gasteiger partial charge >= 0.3 is 0 Å². The van der Waals surface area contributed by atoms with Gasteiger partial charge in [-0.25, -0.2) is 0 Å². The van der Waals surface area contributed by atoms with E-state index < -0.39 is 0 Å². The molecule has 1 aromatic heterocycles. The molecule has 3 nitrogen and oxygen atoms in total. The van der Waals surface area contributed by atoms with Gasteiger partial charge in [0, 0.05) is 4.70 Å². The third-order valence-electron chi connectivity index (χ3n) is 3.68. The minimum Gasteiger partial charge on any atom is -0.497 e. The van der Waals surface area contributed by atoms with E-state index in [-0.39, 0.29) is 6.04 Å². The number of ether oxygens (including phenoxy) is 1. The molecule has 1 atom stereocenters. The van der Waals surface area contributed by atoms with Gasteiger partial charge in [0.05, 0.1) is 13.2 Å². The fourth-order valence-electron chi connectivity index (χ4n) is 2.54. The molecular weight excluding hydrogens is 280 g/mol. The van der Waals surface area contributed by atoms with Gasteiger partial charge in [0.2, 0.25) is 0 Å². The quantitative estimate of drug-likeness (QED) is 0.558. The van der Waals surface area contributed by atoms with Gasteiger partial charge in [-0.05, 0) is 46.5 Å². The number of fused-ring (bicyclic) bond motifs is 1. The van der Waals surface area contributed by atoms with Gasteiger partial charge < -0.3 is 4.74 Å². The van der Waals surface area contributed by atoms with E-state index in [0.717, 1.165) is 17.7 Å². The molecule has 0 aliphatic rings. The van der Waals surface area contributed by atoms with Crippen LogP contribution in [0.1, 0.15) is 17.2 Å². The Hall–Kier alpha value is -1.88. The van der Waals surface area contributed by atoms with E-state index in [1.165, 1.54) is 15.6 Å². The summed E-state index contributed by atoms with van der Waals surface area (Å²) in [5, 5.41) is 3.53. The maximum atomic E-state index is 5.77. The molecule has 2 aromatic carbocycles. The molecule has 0 amide bonds. The average Bonchev–Trinajstić information content (AvgIpc) is 2.95. The molecule has 0 fully saturated rings. The van der Waals surface area contributed by atoms with Crippen LogP contribution in [-0.2, 0) is 6.42 Å². The molecule has 1 heterocycles. The standard InChI is InChI=1S/C17H18N2OS/c1-20-14-6-4-5-12(9-14)16(19-18)10-13-11-21-17-8-3-2-7-15(13)17/h2-9,11,16,19H,10,18H2,1H3. The highest BCUT2D eigenvalue weighted by Crippen LogP contribution is 2.30. The van der Waals surface area contributed by atoms with Crippen LogP contribution in [0.25, 0.3) is 10.1 Å². The molecule has 108 valence electrons. The zero-order valence-corrected chi connectivity index (χ0v) is 12.7. The van der Waals surface area contributed by atoms with Crippen LogP contribution in [-0.4, -0.2) is 7.11 Å². The minimum absolute atomic E-state index is 0.0677. The van der Waals surface area contributed by atoms with Gasteiger partial charge in [0.1, 0.15) is 5.75 Å². The number of nitrogens with one attached hydrogen (secondary N) is 1. The highest BCUT2D eigenvalue weighted by molar-refractivity contribution is 7.17. The average molecular weight is 298 g/mol. The number of nitrogens with two attached hydrogens (primary N) is 1. The number of benzene rings is 2. The molecule has 0 saturated heterocycles. The summed E-state index contributed by atoms with van der Waals surface area (Å²) in [7, 11) is 1.68. The second kappa shape index (κ2) is 6.26. The van der Waals surface area contributed by atoms with E-state index in [1.807, 2.05) is 18.2 Å². The molecule has 0 aliphatic heterocycles. The van der Waals surface area contributed by atoms with Crippen LogP contribution < -0.4 is 16.0 Å². The van der Waals surface area contributed by atoms with Gasteiger partial charge in [0.15, 0.2) is 0 Å². The van der Waals surface area contributed by atoms with Crippen molar-refractivity contribution in [3.05, 3.63) is 65.0 Å². The minimum atomic E-state index is 0.0677. The number of hydrogen-bond donors (Lipinski definition) is 2. The molecule has 3 rings (SSSR count). The molecule has 0 aliphatic carbocycles. The van der Waals surface area contributed by atoms with Crippen molar-refractivity contribution in [2.75, 3.05) is 7.11 Å². The van der Waals surface area contributed by atoms with Crippen molar-refractivity contribution in [1.82, 2.24) is 5.43 Å². The van der Waals surface area contributed by atoms with Crippen molar-refractivity contribution in [3.8, 4) is 5.75 Å². The summed E-state index contributed by atoms with van der Waals surface area (Å²) in [4.78, 5) is 0. The maximum absolute atomic E-state index is 5.77. The van der Waals surface area contributed by atoms with Gasteiger partial charge in [0.25, 0.3) is 0 Å². The summed E-state index contributed by atoms with van der Waals surface area (Å²) >= 11 is 1.78. The van der Waals surface area contributed by atoms with E-state index in [1.54, 1.807) is 18.4 Å². The number of hydrazine groups is 1. The van der Waals surface area contributed by atoms with Crippen LogP contribution in [0.4, 0.5) is 0 Å². The number of rotatable bonds is 5. The highest BCUT2D eigenvalue weighted by atomic mass is 32.1. The highest BCUT2D eigenvalue weighted by Gasteiger charge is 2.14. The van der Waals surface area contributed by atoms with Crippen LogP contribution in [0.3, 0.4) is 0 Å². The molecule has 0 bridgehead atoms. The molecule has 1 unspecified atom stereocenters. The SMILES string of the molecule is COc1cccc(C(Cc2csc3ccccc23)NN)c1. The Balaban J connectivity index is 1.90. The van der Waals surface area contributed by atoms with Crippen molar-refractivity contribution >= 4 is 21.4 Å². The molecule has 0 radical (unpaired) electrons. The van der Waals surface area contributed by atoms with Crippen molar-refractivity contribution in [2.45, 2.75) is 12.5 Å². The van der Waals surface area contributed by atoms with E-state index in [0.29, 0.717) is 0 Å². The zero-order chi connectivity index (χ0) is 14.7. The first kappa shape index (κ1) is 14.1. The predicted octanol–water partition coefficient (Wildman–Crippen LogP) is 3.66. The first-order chi connectivity index (χ1) is 10.3. The monoisotopic (exact) mass is 298 g/mol. The Morgan fingerprint density at radius 2 is 2.05 bits per heavy atom. The van der Waals surface area contributed by atoms with E-state index >= 15 is 0 Å².